The Morgan fingerprint density at radius 1 is 1.22 bits per heavy atom. The Morgan fingerprint density at radius 2 is 1.83 bits per heavy atom. The molecule has 1 unspecified atom stereocenters. The first-order valence-corrected chi connectivity index (χ1v) is 7.02. The second-order valence-electron chi connectivity index (χ2n) is 5.80. The molecule has 1 atom stereocenters. The normalized spacial score (nSPS) is 18.9. The highest BCUT2D eigenvalue weighted by Crippen LogP contribution is 2.18. The molecule has 1 heterocycles. The van der Waals surface area contributed by atoms with Crippen LogP contribution in [-0.2, 0) is 14.2 Å². The first-order chi connectivity index (χ1) is 8.64. The maximum absolute atomic E-state index is 5.70. The zero-order valence-corrected chi connectivity index (χ0v) is 12.0. The molecule has 1 aliphatic heterocycles. The second-order valence-corrected chi connectivity index (χ2v) is 5.80. The minimum absolute atomic E-state index is 0.101. The van der Waals surface area contributed by atoms with E-state index in [9.17, 15) is 0 Å². The molecular formula is C15H28O3. The number of allylic oxidation sites excluding steroid dienone is 1. The summed E-state index contributed by atoms with van der Waals surface area (Å²) in [7, 11) is 0. The molecule has 0 radical (unpaired) electrons. The molecule has 1 rings (SSSR count). The van der Waals surface area contributed by atoms with Gasteiger partial charge in [-0.1, -0.05) is 19.9 Å². The molecule has 1 saturated heterocycles. The van der Waals surface area contributed by atoms with Crippen LogP contribution in [0.5, 0.6) is 0 Å². The van der Waals surface area contributed by atoms with E-state index in [-0.39, 0.29) is 5.41 Å². The summed E-state index contributed by atoms with van der Waals surface area (Å²) in [5, 5.41) is 0. The van der Waals surface area contributed by atoms with Gasteiger partial charge in [0.25, 0.3) is 0 Å². The van der Waals surface area contributed by atoms with E-state index in [1.54, 1.807) is 0 Å². The lowest BCUT2D eigenvalue weighted by molar-refractivity contribution is -0.00478. The van der Waals surface area contributed by atoms with Crippen LogP contribution in [0.4, 0.5) is 0 Å². The average molecular weight is 256 g/mol. The zero-order chi connectivity index (χ0) is 13.3. The van der Waals surface area contributed by atoms with Crippen LogP contribution in [0.2, 0.25) is 0 Å². The summed E-state index contributed by atoms with van der Waals surface area (Å²) in [6.07, 6.45) is 6.78. The SMILES string of the molecule is C=CCCCOCC(C)(C)COCCCC1CO1. The van der Waals surface area contributed by atoms with Gasteiger partial charge in [-0.25, -0.2) is 0 Å². The van der Waals surface area contributed by atoms with Gasteiger partial charge in [0.2, 0.25) is 0 Å². The van der Waals surface area contributed by atoms with Crippen molar-refractivity contribution in [2.75, 3.05) is 33.0 Å². The third-order valence-corrected chi connectivity index (χ3v) is 2.90. The Hall–Kier alpha value is -0.380. The van der Waals surface area contributed by atoms with Gasteiger partial charge in [-0.15, -0.1) is 6.58 Å². The van der Waals surface area contributed by atoms with Gasteiger partial charge >= 0.3 is 0 Å². The van der Waals surface area contributed by atoms with E-state index in [0.717, 1.165) is 58.7 Å². The molecular weight excluding hydrogens is 228 g/mol. The van der Waals surface area contributed by atoms with Gasteiger partial charge in [-0.3, -0.25) is 0 Å². The molecule has 0 aromatic rings. The van der Waals surface area contributed by atoms with E-state index >= 15 is 0 Å². The third-order valence-electron chi connectivity index (χ3n) is 2.90. The molecule has 0 spiro atoms. The fourth-order valence-corrected chi connectivity index (χ4v) is 1.72. The Bertz CT molecular complexity index is 222. The minimum Gasteiger partial charge on any atom is -0.381 e. The van der Waals surface area contributed by atoms with Gasteiger partial charge in [0.1, 0.15) is 0 Å². The van der Waals surface area contributed by atoms with Crippen molar-refractivity contribution in [1.82, 2.24) is 0 Å². The lowest BCUT2D eigenvalue weighted by Gasteiger charge is -2.24. The molecule has 3 heteroatoms. The number of ether oxygens (including phenoxy) is 3. The summed E-state index contributed by atoms with van der Waals surface area (Å²) >= 11 is 0. The van der Waals surface area contributed by atoms with Gasteiger partial charge in [-0.05, 0) is 25.7 Å². The molecule has 0 aromatic carbocycles. The summed E-state index contributed by atoms with van der Waals surface area (Å²) in [5.41, 5.74) is 0.101. The zero-order valence-electron chi connectivity index (χ0n) is 12.0. The van der Waals surface area contributed by atoms with Crippen LogP contribution in [-0.4, -0.2) is 39.1 Å². The Kier molecular flexibility index (Phi) is 7.56. The highest BCUT2D eigenvalue weighted by atomic mass is 16.6. The van der Waals surface area contributed by atoms with Gasteiger partial charge in [-0.2, -0.15) is 0 Å². The lowest BCUT2D eigenvalue weighted by Crippen LogP contribution is -2.26. The Labute approximate surface area is 111 Å². The maximum Gasteiger partial charge on any atom is 0.0810 e. The third kappa shape index (κ3) is 8.67. The van der Waals surface area contributed by atoms with Crippen molar-refractivity contribution < 1.29 is 14.2 Å². The van der Waals surface area contributed by atoms with E-state index in [1.165, 1.54) is 0 Å². The number of unbranched alkanes of at least 4 members (excludes halogenated alkanes) is 1. The Morgan fingerprint density at radius 3 is 2.39 bits per heavy atom. The topological polar surface area (TPSA) is 31.0 Å². The quantitative estimate of drug-likeness (QED) is 0.305. The summed E-state index contributed by atoms with van der Waals surface area (Å²) in [5.74, 6) is 0. The van der Waals surface area contributed by atoms with Crippen molar-refractivity contribution in [1.29, 1.82) is 0 Å². The van der Waals surface area contributed by atoms with E-state index in [2.05, 4.69) is 20.4 Å². The summed E-state index contributed by atoms with van der Waals surface area (Å²) < 4.78 is 16.5. The van der Waals surface area contributed by atoms with Crippen LogP contribution >= 0.6 is 0 Å². The molecule has 0 aromatic heterocycles. The number of rotatable bonds is 12. The monoisotopic (exact) mass is 256 g/mol. The van der Waals surface area contributed by atoms with Gasteiger partial charge in [0.15, 0.2) is 0 Å². The van der Waals surface area contributed by atoms with Crippen LogP contribution in [0.1, 0.15) is 39.5 Å². The van der Waals surface area contributed by atoms with Gasteiger partial charge < -0.3 is 14.2 Å². The second kappa shape index (κ2) is 8.68. The Balaban J connectivity index is 1.90. The molecule has 1 aliphatic rings. The molecule has 1 fully saturated rings. The fourth-order valence-electron chi connectivity index (χ4n) is 1.72. The van der Waals surface area contributed by atoms with E-state index in [4.69, 9.17) is 14.2 Å². The molecule has 0 saturated carbocycles. The molecule has 0 aliphatic carbocycles. The molecule has 106 valence electrons. The van der Waals surface area contributed by atoms with Crippen LogP contribution in [0.3, 0.4) is 0 Å². The number of hydrogen-bond donors (Lipinski definition) is 0. The van der Waals surface area contributed by atoms with E-state index in [1.807, 2.05) is 6.08 Å². The fraction of sp³-hybridized carbons (Fsp3) is 0.867. The molecule has 0 amide bonds. The first-order valence-electron chi connectivity index (χ1n) is 7.02. The molecule has 0 N–H and O–H groups in total. The van der Waals surface area contributed by atoms with E-state index in [0.29, 0.717) is 6.10 Å². The van der Waals surface area contributed by atoms with Crippen LogP contribution in [0.25, 0.3) is 0 Å². The van der Waals surface area contributed by atoms with Crippen molar-refractivity contribution in [3.05, 3.63) is 12.7 Å². The highest BCUT2D eigenvalue weighted by molar-refractivity contribution is 4.70. The maximum atomic E-state index is 5.70. The summed E-state index contributed by atoms with van der Waals surface area (Å²) in [6, 6.07) is 0. The molecule has 3 nitrogen and oxygen atoms in total. The highest BCUT2D eigenvalue weighted by Gasteiger charge is 2.22. The minimum atomic E-state index is 0.101. The average Bonchev–Trinajstić information content (AvgIpc) is 3.12. The number of epoxide rings is 1. The molecule has 0 bridgehead atoms. The van der Waals surface area contributed by atoms with Crippen molar-refractivity contribution >= 4 is 0 Å². The summed E-state index contributed by atoms with van der Waals surface area (Å²) in [4.78, 5) is 0. The molecule has 18 heavy (non-hydrogen) atoms. The summed E-state index contributed by atoms with van der Waals surface area (Å²) in [6.45, 7) is 12.2. The lowest BCUT2D eigenvalue weighted by atomic mass is 9.96. The van der Waals surface area contributed by atoms with Gasteiger partial charge in [0.05, 0.1) is 25.9 Å². The largest absolute Gasteiger partial charge is 0.381 e. The predicted molar refractivity (Wildman–Crippen MR) is 73.8 cm³/mol. The first kappa shape index (κ1) is 15.7. The van der Waals surface area contributed by atoms with Gasteiger partial charge in [0, 0.05) is 18.6 Å². The number of hydrogen-bond acceptors (Lipinski definition) is 3. The smallest absolute Gasteiger partial charge is 0.0810 e. The van der Waals surface area contributed by atoms with Crippen LogP contribution in [0, 0.1) is 5.41 Å². The standard InChI is InChI=1S/C15H28O3/c1-4-5-6-9-16-12-15(2,3)13-17-10-7-8-14-11-18-14/h4,14H,1,5-13H2,2-3H3. The predicted octanol–water partition coefficient (Wildman–Crippen LogP) is 3.19. The van der Waals surface area contributed by atoms with Crippen molar-refractivity contribution in [3.63, 3.8) is 0 Å². The van der Waals surface area contributed by atoms with Crippen molar-refractivity contribution in [2.45, 2.75) is 45.6 Å². The van der Waals surface area contributed by atoms with Crippen molar-refractivity contribution in [2.24, 2.45) is 5.41 Å². The van der Waals surface area contributed by atoms with Crippen molar-refractivity contribution in [3.8, 4) is 0 Å². The van der Waals surface area contributed by atoms with Crippen LogP contribution in [0.15, 0.2) is 12.7 Å². The van der Waals surface area contributed by atoms with Crippen LogP contribution < -0.4 is 0 Å². The van der Waals surface area contributed by atoms with E-state index < -0.39 is 0 Å².